The number of nitro benzene ring substituents is 1. The largest absolute Gasteiger partial charge is 0.466 e. The fourth-order valence-electron chi connectivity index (χ4n) is 1.41. The lowest BCUT2D eigenvalue weighted by Crippen LogP contribution is -2.26. The molecule has 0 spiro atoms. The molecule has 1 aromatic rings. The number of amides is 1. The van der Waals surface area contributed by atoms with Gasteiger partial charge in [-0.15, -0.1) is 0 Å². The van der Waals surface area contributed by atoms with E-state index in [1.807, 2.05) is 0 Å². The lowest BCUT2D eigenvalue weighted by molar-refractivity contribution is -0.384. The minimum atomic E-state index is -0.619. The van der Waals surface area contributed by atoms with Gasteiger partial charge >= 0.3 is 5.97 Å². The third-order valence-corrected chi connectivity index (χ3v) is 2.65. The SMILES string of the molecule is CCOC(=O)CCNC(=O)c1cc([N+](=O)[O-])ccc1Cl. The highest BCUT2D eigenvalue weighted by atomic mass is 35.5. The van der Waals surface area contributed by atoms with Crippen molar-refractivity contribution in [2.24, 2.45) is 0 Å². The van der Waals surface area contributed by atoms with Crippen molar-refractivity contribution < 1.29 is 19.2 Å². The fourth-order valence-corrected chi connectivity index (χ4v) is 1.61. The van der Waals surface area contributed by atoms with Gasteiger partial charge in [0.05, 0.1) is 28.5 Å². The smallest absolute Gasteiger partial charge is 0.307 e. The first-order chi connectivity index (χ1) is 9.45. The van der Waals surface area contributed by atoms with Crippen molar-refractivity contribution in [1.82, 2.24) is 5.32 Å². The number of hydrogen-bond acceptors (Lipinski definition) is 5. The molecule has 0 aliphatic heterocycles. The van der Waals surface area contributed by atoms with Crippen LogP contribution in [0, 0.1) is 10.1 Å². The number of hydrogen-bond donors (Lipinski definition) is 1. The number of halogens is 1. The Hall–Kier alpha value is -2.15. The normalized spacial score (nSPS) is 9.90. The summed E-state index contributed by atoms with van der Waals surface area (Å²) in [6, 6.07) is 3.57. The third kappa shape index (κ3) is 4.51. The maximum Gasteiger partial charge on any atom is 0.307 e. The van der Waals surface area contributed by atoms with Crippen molar-refractivity contribution in [1.29, 1.82) is 0 Å². The van der Waals surface area contributed by atoms with Crippen LogP contribution in [0.3, 0.4) is 0 Å². The summed E-state index contributed by atoms with van der Waals surface area (Å²) in [5.74, 6) is -1.01. The molecule has 1 aromatic carbocycles. The number of nitrogens with zero attached hydrogens (tertiary/aromatic N) is 1. The van der Waals surface area contributed by atoms with Gasteiger partial charge in [-0.05, 0) is 13.0 Å². The number of carbonyl (C=O) groups is 2. The predicted octanol–water partition coefficient (Wildman–Crippen LogP) is 1.93. The van der Waals surface area contributed by atoms with E-state index in [2.05, 4.69) is 5.32 Å². The van der Waals surface area contributed by atoms with Crippen molar-refractivity contribution in [2.45, 2.75) is 13.3 Å². The highest BCUT2D eigenvalue weighted by Crippen LogP contribution is 2.21. The van der Waals surface area contributed by atoms with Crippen LogP contribution in [0.1, 0.15) is 23.7 Å². The van der Waals surface area contributed by atoms with Crippen molar-refractivity contribution in [3.8, 4) is 0 Å². The van der Waals surface area contributed by atoms with Gasteiger partial charge in [0.15, 0.2) is 0 Å². The van der Waals surface area contributed by atoms with E-state index in [0.29, 0.717) is 0 Å². The minimum absolute atomic E-state index is 0.00951. The Balaban J connectivity index is 2.65. The topological polar surface area (TPSA) is 98.5 Å². The second kappa shape index (κ2) is 7.44. The van der Waals surface area contributed by atoms with E-state index in [0.717, 1.165) is 6.07 Å². The van der Waals surface area contributed by atoms with Gasteiger partial charge in [0.1, 0.15) is 0 Å². The summed E-state index contributed by atoms with van der Waals surface area (Å²) in [5.41, 5.74) is -0.241. The Labute approximate surface area is 120 Å². The Morgan fingerprint density at radius 2 is 2.15 bits per heavy atom. The quantitative estimate of drug-likeness (QED) is 0.491. The zero-order chi connectivity index (χ0) is 15.1. The average Bonchev–Trinajstić information content (AvgIpc) is 2.39. The first-order valence-electron chi connectivity index (χ1n) is 5.83. The number of benzene rings is 1. The molecule has 0 bridgehead atoms. The summed E-state index contributed by atoms with van der Waals surface area (Å²) < 4.78 is 4.70. The van der Waals surface area contributed by atoms with Crippen molar-refractivity contribution in [2.75, 3.05) is 13.2 Å². The van der Waals surface area contributed by atoms with Gasteiger partial charge in [0, 0.05) is 18.7 Å². The molecule has 0 aliphatic carbocycles. The summed E-state index contributed by atoms with van der Waals surface area (Å²) in [4.78, 5) is 32.9. The molecular formula is C12H13ClN2O5. The number of carbonyl (C=O) groups excluding carboxylic acids is 2. The molecule has 0 aliphatic rings. The predicted molar refractivity (Wildman–Crippen MR) is 71.7 cm³/mol. The second-order valence-electron chi connectivity index (χ2n) is 3.73. The van der Waals surface area contributed by atoms with E-state index in [-0.39, 0.29) is 35.8 Å². The molecule has 0 aromatic heterocycles. The zero-order valence-electron chi connectivity index (χ0n) is 10.7. The Bertz CT molecular complexity index is 533. The van der Waals surface area contributed by atoms with Crippen LogP contribution in [0.25, 0.3) is 0 Å². The van der Waals surface area contributed by atoms with Crippen molar-refractivity contribution in [3.63, 3.8) is 0 Å². The Kier molecular flexibility index (Phi) is 5.92. The molecule has 0 unspecified atom stereocenters. The molecule has 0 saturated carbocycles. The maximum absolute atomic E-state index is 11.8. The molecule has 0 radical (unpaired) electrons. The van der Waals surface area contributed by atoms with Crippen LogP contribution in [-0.4, -0.2) is 30.0 Å². The van der Waals surface area contributed by atoms with E-state index in [4.69, 9.17) is 16.3 Å². The van der Waals surface area contributed by atoms with E-state index in [9.17, 15) is 19.7 Å². The molecule has 0 saturated heterocycles. The molecule has 8 heteroatoms. The van der Waals surface area contributed by atoms with E-state index in [1.165, 1.54) is 12.1 Å². The number of esters is 1. The molecule has 0 atom stereocenters. The highest BCUT2D eigenvalue weighted by Gasteiger charge is 2.15. The summed E-state index contributed by atoms with van der Waals surface area (Å²) in [6.45, 7) is 2.01. The van der Waals surface area contributed by atoms with Gasteiger partial charge in [-0.3, -0.25) is 19.7 Å². The van der Waals surface area contributed by atoms with Gasteiger partial charge < -0.3 is 10.1 Å². The average molecular weight is 301 g/mol. The molecule has 0 fully saturated rings. The zero-order valence-corrected chi connectivity index (χ0v) is 11.5. The lowest BCUT2D eigenvalue weighted by atomic mass is 10.2. The van der Waals surface area contributed by atoms with E-state index < -0.39 is 16.8 Å². The second-order valence-corrected chi connectivity index (χ2v) is 4.14. The molecule has 108 valence electrons. The van der Waals surface area contributed by atoms with E-state index >= 15 is 0 Å². The lowest BCUT2D eigenvalue weighted by Gasteiger charge is -2.06. The monoisotopic (exact) mass is 300 g/mol. The summed E-state index contributed by atoms with van der Waals surface area (Å²) in [5, 5.41) is 13.2. The number of ether oxygens (including phenoxy) is 1. The number of nitro groups is 1. The van der Waals surface area contributed by atoms with Gasteiger partial charge in [-0.2, -0.15) is 0 Å². The van der Waals surface area contributed by atoms with E-state index in [1.54, 1.807) is 6.92 Å². The first kappa shape index (κ1) is 15.9. The maximum atomic E-state index is 11.8. The molecule has 1 amide bonds. The van der Waals surface area contributed by atoms with Gasteiger partial charge in [0.25, 0.3) is 11.6 Å². The fraction of sp³-hybridized carbons (Fsp3) is 0.333. The Morgan fingerprint density at radius 1 is 1.45 bits per heavy atom. The van der Waals surface area contributed by atoms with Crippen molar-refractivity contribution in [3.05, 3.63) is 38.9 Å². The molecule has 1 rings (SSSR count). The van der Waals surface area contributed by atoms with Gasteiger partial charge in [-0.25, -0.2) is 0 Å². The molecule has 20 heavy (non-hydrogen) atoms. The number of non-ortho nitro benzene ring substituents is 1. The minimum Gasteiger partial charge on any atom is -0.466 e. The van der Waals surface area contributed by atoms with Crippen LogP contribution < -0.4 is 5.32 Å². The summed E-state index contributed by atoms with van der Waals surface area (Å²) >= 11 is 5.81. The summed E-state index contributed by atoms with van der Waals surface area (Å²) in [7, 11) is 0. The van der Waals surface area contributed by atoms with Gasteiger partial charge in [-0.1, -0.05) is 11.6 Å². The Morgan fingerprint density at radius 3 is 2.75 bits per heavy atom. The molecule has 0 heterocycles. The van der Waals surface area contributed by atoms with Crippen LogP contribution in [0.4, 0.5) is 5.69 Å². The third-order valence-electron chi connectivity index (χ3n) is 2.33. The molecular weight excluding hydrogens is 288 g/mol. The molecule has 1 N–H and O–H groups in total. The van der Waals surface area contributed by atoms with Crippen LogP contribution in [0.2, 0.25) is 5.02 Å². The number of nitrogens with one attached hydrogen (secondary N) is 1. The van der Waals surface area contributed by atoms with Crippen LogP contribution in [0.15, 0.2) is 18.2 Å². The highest BCUT2D eigenvalue weighted by molar-refractivity contribution is 6.33. The first-order valence-corrected chi connectivity index (χ1v) is 6.21. The number of rotatable bonds is 6. The molecule has 7 nitrogen and oxygen atoms in total. The van der Waals surface area contributed by atoms with Crippen molar-refractivity contribution >= 4 is 29.2 Å². The van der Waals surface area contributed by atoms with Crippen LogP contribution in [0.5, 0.6) is 0 Å². The van der Waals surface area contributed by atoms with Crippen LogP contribution in [-0.2, 0) is 9.53 Å². The van der Waals surface area contributed by atoms with Crippen LogP contribution >= 0.6 is 11.6 Å². The van der Waals surface area contributed by atoms with Gasteiger partial charge in [0.2, 0.25) is 0 Å². The standard InChI is InChI=1S/C12H13ClN2O5/c1-2-20-11(16)5-6-14-12(17)9-7-8(15(18)19)3-4-10(9)13/h3-4,7H,2,5-6H2,1H3,(H,14,17). The summed E-state index contributed by atoms with van der Waals surface area (Å²) in [6.07, 6.45) is 0.0200.